The summed E-state index contributed by atoms with van der Waals surface area (Å²) in [6.07, 6.45) is 3.23. The van der Waals surface area contributed by atoms with Crippen molar-refractivity contribution in [3.8, 4) is 0 Å². The van der Waals surface area contributed by atoms with E-state index in [1.165, 1.54) is 5.01 Å². The molecule has 2 aromatic carbocycles. The Kier molecular flexibility index (Phi) is 5.61. The molecule has 2 unspecified atom stereocenters. The van der Waals surface area contributed by atoms with Gasteiger partial charge in [0.25, 0.3) is 17.7 Å². The van der Waals surface area contributed by atoms with E-state index >= 15 is 0 Å². The van der Waals surface area contributed by atoms with Crippen LogP contribution >= 0.6 is 23.2 Å². The molecule has 0 spiro atoms. The molecule has 1 saturated heterocycles. The van der Waals surface area contributed by atoms with Gasteiger partial charge in [0.05, 0.1) is 18.4 Å². The summed E-state index contributed by atoms with van der Waals surface area (Å²) in [4.78, 5) is 39.5. The van der Waals surface area contributed by atoms with E-state index in [-0.39, 0.29) is 30.2 Å². The van der Waals surface area contributed by atoms with Crippen molar-refractivity contribution in [1.82, 2.24) is 10.0 Å². The first-order chi connectivity index (χ1) is 14.0. The van der Waals surface area contributed by atoms with Crippen molar-refractivity contribution >= 4 is 40.9 Å². The normalized spacial score (nSPS) is 21.2. The number of carbonyl (C=O) groups excluding carboxylic acids is 3. The molecular weight excluding hydrogens is 411 g/mol. The maximum Gasteiger partial charge on any atom is 0.273 e. The number of benzene rings is 2. The monoisotopic (exact) mass is 430 g/mol. The van der Waals surface area contributed by atoms with Crippen molar-refractivity contribution < 1.29 is 14.4 Å². The summed E-state index contributed by atoms with van der Waals surface area (Å²) in [5.41, 5.74) is 1.13. The summed E-state index contributed by atoms with van der Waals surface area (Å²) in [6, 6.07) is 13.4. The zero-order chi connectivity index (χ0) is 20.5. The number of hydrazine groups is 1. The molecule has 1 saturated carbocycles. The Morgan fingerprint density at radius 2 is 1.34 bits per heavy atom. The summed E-state index contributed by atoms with van der Waals surface area (Å²) in [6.45, 7) is 0.0928. The molecule has 2 aliphatic rings. The molecule has 2 atom stereocenters. The Hall–Kier alpha value is -2.37. The molecular formula is C22H20Cl2N2O3. The molecule has 2 aromatic rings. The van der Waals surface area contributed by atoms with Gasteiger partial charge in [-0.15, -0.1) is 0 Å². The number of imide groups is 1. The van der Waals surface area contributed by atoms with E-state index in [9.17, 15) is 14.4 Å². The molecule has 2 fully saturated rings. The van der Waals surface area contributed by atoms with Crippen LogP contribution < -0.4 is 0 Å². The van der Waals surface area contributed by atoms with Crippen LogP contribution in [0, 0.1) is 11.8 Å². The summed E-state index contributed by atoms with van der Waals surface area (Å²) in [7, 11) is 0. The van der Waals surface area contributed by atoms with E-state index in [1.807, 2.05) is 0 Å². The Labute approximate surface area is 179 Å². The summed E-state index contributed by atoms with van der Waals surface area (Å²) in [5.74, 6) is -1.65. The van der Waals surface area contributed by atoms with Crippen molar-refractivity contribution in [1.29, 1.82) is 0 Å². The number of halogens is 2. The lowest BCUT2D eigenvalue weighted by atomic mass is 9.81. The molecule has 7 heteroatoms. The molecule has 3 amide bonds. The smallest absolute Gasteiger partial charge is 0.272 e. The molecule has 0 N–H and O–H groups in total. The van der Waals surface area contributed by atoms with Crippen LogP contribution in [0.2, 0.25) is 10.0 Å². The largest absolute Gasteiger partial charge is 0.273 e. The van der Waals surface area contributed by atoms with E-state index in [0.717, 1.165) is 23.4 Å². The lowest BCUT2D eigenvalue weighted by molar-refractivity contribution is -0.155. The van der Waals surface area contributed by atoms with Crippen molar-refractivity contribution in [2.45, 2.75) is 32.2 Å². The summed E-state index contributed by atoms with van der Waals surface area (Å²) < 4.78 is 0. The Morgan fingerprint density at radius 1 is 0.862 bits per heavy atom. The van der Waals surface area contributed by atoms with Crippen molar-refractivity contribution in [3.63, 3.8) is 0 Å². The maximum absolute atomic E-state index is 13.3. The van der Waals surface area contributed by atoms with Gasteiger partial charge in [-0.1, -0.05) is 48.2 Å². The van der Waals surface area contributed by atoms with Gasteiger partial charge < -0.3 is 0 Å². The molecule has 0 aromatic heterocycles. The number of hydrogen-bond donors (Lipinski definition) is 0. The van der Waals surface area contributed by atoms with E-state index in [2.05, 4.69) is 0 Å². The SMILES string of the molecule is O=C(c1ccc(Cl)cc1)N(Cc1ccc(Cl)cc1)N1C(=O)C2CCCCC2C1=O. The molecule has 1 heterocycles. The molecule has 1 aliphatic heterocycles. The Balaban J connectivity index is 1.70. The minimum Gasteiger partial charge on any atom is -0.272 e. The number of hydrogen-bond acceptors (Lipinski definition) is 3. The highest BCUT2D eigenvalue weighted by Crippen LogP contribution is 2.39. The highest BCUT2D eigenvalue weighted by atomic mass is 35.5. The third kappa shape index (κ3) is 3.89. The standard InChI is InChI=1S/C22H20Cl2N2O3/c23-16-9-5-14(6-10-16)13-25(20(27)15-7-11-17(24)12-8-15)26-21(28)18-3-1-2-4-19(18)22(26)29/h5-12,18-19H,1-4,13H2. The first-order valence-electron chi connectivity index (χ1n) is 9.65. The topological polar surface area (TPSA) is 57.7 Å². The first-order valence-corrected chi connectivity index (χ1v) is 10.4. The van der Waals surface area contributed by atoms with E-state index in [1.54, 1.807) is 48.5 Å². The number of fused-ring (bicyclic) bond motifs is 1. The highest BCUT2D eigenvalue weighted by molar-refractivity contribution is 6.30. The van der Waals surface area contributed by atoms with Gasteiger partial charge in [-0.25, -0.2) is 5.01 Å². The van der Waals surface area contributed by atoms with Crippen molar-refractivity contribution in [2.75, 3.05) is 0 Å². The maximum atomic E-state index is 13.3. The number of nitrogens with zero attached hydrogens (tertiary/aromatic N) is 2. The number of amides is 3. The lowest BCUT2D eigenvalue weighted by Gasteiger charge is -2.30. The van der Waals surface area contributed by atoms with Gasteiger partial charge in [0.1, 0.15) is 0 Å². The van der Waals surface area contributed by atoms with Crippen LogP contribution in [0.3, 0.4) is 0 Å². The Morgan fingerprint density at radius 3 is 1.86 bits per heavy atom. The fraction of sp³-hybridized carbons (Fsp3) is 0.318. The Bertz CT molecular complexity index is 920. The van der Waals surface area contributed by atoms with Crippen LogP contribution in [-0.4, -0.2) is 27.7 Å². The van der Waals surface area contributed by atoms with E-state index < -0.39 is 5.91 Å². The zero-order valence-corrected chi connectivity index (χ0v) is 17.2. The van der Waals surface area contributed by atoms with Crippen LogP contribution in [0.5, 0.6) is 0 Å². The average Bonchev–Trinajstić information content (AvgIpc) is 2.98. The van der Waals surface area contributed by atoms with Crippen molar-refractivity contribution in [3.05, 3.63) is 69.7 Å². The molecule has 0 bridgehead atoms. The predicted octanol–water partition coefficient (Wildman–Crippen LogP) is 4.73. The predicted molar refractivity (Wildman–Crippen MR) is 110 cm³/mol. The van der Waals surface area contributed by atoms with Gasteiger partial charge in [-0.2, -0.15) is 5.01 Å². The van der Waals surface area contributed by atoms with Gasteiger partial charge in [0.2, 0.25) is 0 Å². The first kappa shape index (κ1) is 19.9. The lowest BCUT2D eigenvalue weighted by Crippen LogP contribution is -2.49. The van der Waals surface area contributed by atoms with E-state index in [4.69, 9.17) is 23.2 Å². The number of carbonyl (C=O) groups is 3. The van der Waals surface area contributed by atoms with Crippen LogP contribution in [0.15, 0.2) is 48.5 Å². The second kappa shape index (κ2) is 8.17. The third-order valence-corrected chi connectivity index (χ3v) is 6.13. The fourth-order valence-electron chi connectivity index (χ4n) is 4.12. The minimum atomic E-state index is -0.419. The number of rotatable bonds is 4. The van der Waals surface area contributed by atoms with Crippen molar-refractivity contribution in [2.24, 2.45) is 11.8 Å². The van der Waals surface area contributed by atoms with Crippen LogP contribution in [0.4, 0.5) is 0 Å². The van der Waals surface area contributed by atoms with Crippen LogP contribution in [0.1, 0.15) is 41.6 Å². The van der Waals surface area contributed by atoms with Crippen LogP contribution in [0.25, 0.3) is 0 Å². The van der Waals surface area contributed by atoms with Gasteiger partial charge in [-0.3, -0.25) is 14.4 Å². The molecule has 29 heavy (non-hydrogen) atoms. The third-order valence-electron chi connectivity index (χ3n) is 5.63. The highest BCUT2D eigenvalue weighted by Gasteiger charge is 2.51. The molecule has 150 valence electrons. The fourth-order valence-corrected chi connectivity index (χ4v) is 4.37. The molecule has 5 nitrogen and oxygen atoms in total. The second-order valence-corrected chi connectivity index (χ2v) is 8.35. The summed E-state index contributed by atoms with van der Waals surface area (Å²) in [5, 5.41) is 3.41. The zero-order valence-electron chi connectivity index (χ0n) is 15.7. The summed E-state index contributed by atoms with van der Waals surface area (Å²) >= 11 is 11.9. The van der Waals surface area contributed by atoms with Crippen LogP contribution in [-0.2, 0) is 16.1 Å². The molecule has 0 radical (unpaired) electrons. The van der Waals surface area contributed by atoms with Gasteiger partial charge in [-0.05, 0) is 54.8 Å². The molecule has 1 aliphatic carbocycles. The van der Waals surface area contributed by atoms with Gasteiger partial charge >= 0.3 is 0 Å². The van der Waals surface area contributed by atoms with Gasteiger partial charge in [0.15, 0.2) is 0 Å². The second-order valence-electron chi connectivity index (χ2n) is 7.48. The van der Waals surface area contributed by atoms with E-state index in [0.29, 0.717) is 28.5 Å². The minimum absolute atomic E-state index is 0.0928. The van der Waals surface area contributed by atoms with Gasteiger partial charge in [0, 0.05) is 15.6 Å². The average molecular weight is 431 g/mol. The quantitative estimate of drug-likeness (QED) is 0.658. The molecule has 4 rings (SSSR count).